The van der Waals surface area contributed by atoms with E-state index in [0.29, 0.717) is 10.3 Å². The predicted molar refractivity (Wildman–Crippen MR) is 73.3 cm³/mol. The van der Waals surface area contributed by atoms with Crippen LogP contribution in [0.4, 0.5) is 4.39 Å². The Labute approximate surface area is 111 Å². The van der Waals surface area contributed by atoms with E-state index < -0.39 is 0 Å². The molecule has 1 heterocycles. The third kappa shape index (κ3) is 3.15. The van der Waals surface area contributed by atoms with Crippen molar-refractivity contribution in [2.75, 3.05) is 12.8 Å². The van der Waals surface area contributed by atoms with Gasteiger partial charge < -0.3 is 5.32 Å². The number of nitrogens with one attached hydrogen (secondary N) is 1. The second kappa shape index (κ2) is 6.07. The molecule has 0 bridgehead atoms. The second-order valence-electron chi connectivity index (χ2n) is 4.34. The second-order valence-corrected chi connectivity index (χ2v) is 6.12. The minimum Gasteiger partial charge on any atom is -0.312 e. The molecule has 1 fully saturated rings. The molecule has 2 unspecified atom stereocenters. The molecule has 0 aliphatic carbocycles. The lowest BCUT2D eigenvalue weighted by Crippen LogP contribution is -2.30. The van der Waals surface area contributed by atoms with Gasteiger partial charge in [-0.2, -0.15) is 11.8 Å². The van der Waals surface area contributed by atoms with Gasteiger partial charge in [0.2, 0.25) is 0 Å². The van der Waals surface area contributed by atoms with Crippen molar-refractivity contribution >= 4 is 23.4 Å². The molecule has 1 aromatic carbocycles. The number of rotatable bonds is 3. The molecular weight excluding hydrogens is 257 g/mol. The molecule has 1 nitrogen and oxygen atoms in total. The molecule has 0 spiro atoms. The lowest BCUT2D eigenvalue weighted by Gasteiger charge is -2.30. The highest BCUT2D eigenvalue weighted by molar-refractivity contribution is 8.00. The van der Waals surface area contributed by atoms with E-state index in [9.17, 15) is 4.39 Å². The van der Waals surface area contributed by atoms with E-state index in [2.05, 4.69) is 5.32 Å². The highest BCUT2D eigenvalue weighted by Gasteiger charge is 2.26. The Balaban J connectivity index is 2.21. The maximum atomic E-state index is 13.9. The van der Waals surface area contributed by atoms with E-state index in [1.54, 1.807) is 12.1 Å². The first-order chi connectivity index (χ1) is 8.22. The number of hydrogen-bond donors (Lipinski definition) is 1. The molecule has 1 aliphatic heterocycles. The van der Waals surface area contributed by atoms with Crippen molar-refractivity contribution in [1.29, 1.82) is 0 Å². The summed E-state index contributed by atoms with van der Waals surface area (Å²) in [5.41, 5.74) is 0.733. The first-order valence-electron chi connectivity index (χ1n) is 5.96. The van der Waals surface area contributed by atoms with Crippen LogP contribution in [0.25, 0.3) is 0 Å². The third-order valence-corrected chi connectivity index (χ3v) is 4.89. The molecule has 0 saturated carbocycles. The zero-order chi connectivity index (χ0) is 12.3. The van der Waals surface area contributed by atoms with Gasteiger partial charge in [0.15, 0.2) is 0 Å². The SMILES string of the molecule is CNC(c1ccc(Cl)cc1F)C1CCCCS1. The molecule has 17 heavy (non-hydrogen) atoms. The summed E-state index contributed by atoms with van der Waals surface area (Å²) >= 11 is 7.73. The Bertz CT molecular complexity index is 380. The van der Waals surface area contributed by atoms with Crippen LogP contribution in [0, 0.1) is 5.82 Å². The third-order valence-electron chi connectivity index (χ3n) is 3.20. The van der Waals surface area contributed by atoms with Crippen molar-refractivity contribution in [3.63, 3.8) is 0 Å². The summed E-state index contributed by atoms with van der Waals surface area (Å²) in [7, 11) is 1.90. The number of hydrogen-bond acceptors (Lipinski definition) is 2. The standard InChI is InChI=1S/C13H17ClFNS/c1-16-13(12-4-2-3-7-17-12)10-6-5-9(14)8-11(10)15/h5-6,8,12-13,16H,2-4,7H2,1H3. The van der Waals surface area contributed by atoms with Gasteiger partial charge in [-0.15, -0.1) is 0 Å². The lowest BCUT2D eigenvalue weighted by molar-refractivity contribution is 0.489. The van der Waals surface area contributed by atoms with Gasteiger partial charge in [-0.1, -0.05) is 24.1 Å². The van der Waals surface area contributed by atoms with Crippen molar-refractivity contribution < 1.29 is 4.39 Å². The monoisotopic (exact) mass is 273 g/mol. The van der Waals surface area contributed by atoms with Crippen molar-refractivity contribution in [2.24, 2.45) is 0 Å². The fourth-order valence-corrected chi connectivity index (χ4v) is 3.96. The average Bonchev–Trinajstić information content (AvgIpc) is 2.34. The van der Waals surface area contributed by atoms with E-state index in [1.807, 2.05) is 18.8 Å². The highest BCUT2D eigenvalue weighted by atomic mass is 35.5. The van der Waals surface area contributed by atoms with Crippen LogP contribution in [0.1, 0.15) is 30.9 Å². The minimum absolute atomic E-state index is 0.0811. The zero-order valence-corrected chi connectivity index (χ0v) is 11.5. The lowest BCUT2D eigenvalue weighted by atomic mass is 9.99. The summed E-state index contributed by atoms with van der Waals surface area (Å²) in [6.07, 6.45) is 3.67. The maximum absolute atomic E-state index is 13.9. The molecule has 0 radical (unpaired) electrons. The average molecular weight is 274 g/mol. The van der Waals surface area contributed by atoms with E-state index in [0.717, 1.165) is 12.0 Å². The van der Waals surface area contributed by atoms with Gasteiger partial charge >= 0.3 is 0 Å². The van der Waals surface area contributed by atoms with Crippen molar-refractivity contribution in [3.8, 4) is 0 Å². The van der Waals surface area contributed by atoms with E-state index >= 15 is 0 Å². The van der Waals surface area contributed by atoms with Crippen molar-refractivity contribution in [3.05, 3.63) is 34.6 Å². The van der Waals surface area contributed by atoms with Gasteiger partial charge in [-0.25, -0.2) is 4.39 Å². The maximum Gasteiger partial charge on any atom is 0.129 e. The summed E-state index contributed by atoms with van der Waals surface area (Å²) in [5, 5.41) is 4.16. The molecule has 1 aromatic rings. The van der Waals surface area contributed by atoms with Crippen LogP contribution >= 0.6 is 23.4 Å². The van der Waals surface area contributed by atoms with Gasteiger partial charge in [0, 0.05) is 21.9 Å². The van der Waals surface area contributed by atoms with Gasteiger partial charge in [0.1, 0.15) is 5.82 Å². The fourth-order valence-electron chi connectivity index (χ4n) is 2.32. The van der Waals surface area contributed by atoms with Crippen LogP contribution < -0.4 is 5.32 Å². The molecule has 2 rings (SSSR count). The first kappa shape index (κ1) is 13.2. The molecule has 4 heteroatoms. The van der Waals surface area contributed by atoms with Crippen molar-refractivity contribution in [1.82, 2.24) is 5.32 Å². The summed E-state index contributed by atoms with van der Waals surface area (Å²) < 4.78 is 13.9. The van der Waals surface area contributed by atoms with Crippen LogP contribution in [0.5, 0.6) is 0 Å². The molecule has 2 atom stereocenters. The van der Waals surface area contributed by atoms with Gasteiger partial charge in [-0.05, 0) is 37.8 Å². The molecule has 0 amide bonds. The summed E-state index contributed by atoms with van der Waals surface area (Å²) in [6, 6.07) is 5.04. The molecule has 1 N–H and O–H groups in total. The number of halogens is 2. The Kier molecular flexibility index (Phi) is 4.71. The van der Waals surface area contributed by atoms with Gasteiger partial charge in [-0.3, -0.25) is 0 Å². The summed E-state index contributed by atoms with van der Waals surface area (Å²) in [5.74, 6) is 0.973. The quantitative estimate of drug-likeness (QED) is 0.893. The highest BCUT2D eigenvalue weighted by Crippen LogP contribution is 2.35. The first-order valence-corrected chi connectivity index (χ1v) is 7.39. The summed E-state index contributed by atoms with van der Waals surface area (Å²) in [4.78, 5) is 0. The Hall–Kier alpha value is -0.250. The van der Waals surface area contributed by atoms with Gasteiger partial charge in [0.25, 0.3) is 0 Å². The van der Waals surface area contributed by atoms with E-state index in [-0.39, 0.29) is 11.9 Å². The minimum atomic E-state index is -0.206. The van der Waals surface area contributed by atoms with Crippen LogP contribution in [-0.2, 0) is 0 Å². The Morgan fingerprint density at radius 1 is 1.47 bits per heavy atom. The smallest absolute Gasteiger partial charge is 0.129 e. The summed E-state index contributed by atoms with van der Waals surface area (Å²) in [6.45, 7) is 0. The molecular formula is C13H17ClFNS. The Morgan fingerprint density at radius 3 is 2.88 bits per heavy atom. The van der Waals surface area contributed by atoms with Gasteiger partial charge in [0.05, 0.1) is 0 Å². The topological polar surface area (TPSA) is 12.0 Å². The predicted octanol–water partition coefficient (Wildman–Crippen LogP) is 4.03. The van der Waals surface area contributed by atoms with E-state index in [1.165, 1.54) is 24.7 Å². The van der Waals surface area contributed by atoms with Crippen LogP contribution in [0.3, 0.4) is 0 Å². The molecule has 0 aromatic heterocycles. The van der Waals surface area contributed by atoms with Crippen LogP contribution in [-0.4, -0.2) is 18.1 Å². The Morgan fingerprint density at radius 2 is 2.29 bits per heavy atom. The normalized spacial score (nSPS) is 22.4. The number of thioether (sulfide) groups is 1. The molecule has 1 saturated heterocycles. The van der Waals surface area contributed by atoms with Crippen LogP contribution in [0.2, 0.25) is 5.02 Å². The van der Waals surface area contributed by atoms with Crippen LogP contribution in [0.15, 0.2) is 18.2 Å². The van der Waals surface area contributed by atoms with E-state index in [4.69, 9.17) is 11.6 Å². The molecule has 94 valence electrons. The fraction of sp³-hybridized carbons (Fsp3) is 0.538. The largest absolute Gasteiger partial charge is 0.312 e. The molecule has 1 aliphatic rings. The zero-order valence-electron chi connectivity index (χ0n) is 9.88. The van der Waals surface area contributed by atoms with Crippen molar-refractivity contribution in [2.45, 2.75) is 30.6 Å². The number of benzene rings is 1.